The van der Waals surface area contributed by atoms with Crippen LogP contribution in [0.25, 0.3) is 11.6 Å². The lowest BCUT2D eigenvalue weighted by Gasteiger charge is -2.15. The van der Waals surface area contributed by atoms with Gasteiger partial charge in [0.25, 0.3) is 0 Å². The first-order valence-electron chi connectivity index (χ1n) is 9.81. The van der Waals surface area contributed by atoms with E-state index in [1.54, 1.807) is 24.3 Å². The first kappa shape index (κ1) is 22.0. The number of rotatable bonds is 7. The first-order valence-corrected chi connectivity index (χ1v) is 10.2. The van der Waals surface area contributed by atoms with Crippen molar-refractivity contribution in [3.8, 4) is 23.6 Å². The van der Waals surface area contributed by atoms with Crippen molar-refractivity contribution in [1.29, 1.82) is 10.5 Å². The third-order valence-electron chi connectivity index (χ3n) is 4.64. The quantitative estimate of drug-likeness (QED) is 0.315. The fourth-order valence-corrected chi connectivity index (χ4v) is 3.33. The second-order valence-corrected chi connectivity index (χ2v) is 7.26. The maximum Gasteiger partial charge on any atom is 0.180 e. The molecule has 0 fully saturated rings. The molecule has 154 valence electrons. The molecule has 0 saturated heterocycles. The van der Waals surface area contributed by atoms with E-state index < -0.39 is 0 Å². The minimum absolute atomic E-state index is 0.186. The zero-order chi connectivity index (χ0) is 22.2. The number of hydrogen-bond donors (Lipinski definition) is 0. The monoisotopic (exact) mass is 428 g/mol. The Morgan fingerprint density at radius 3 is 2.45 bits per heavy atom. The van der Waals surface area contributed by atoms with E-state index in [9.17, 15) is 10.5 Å². The summed E-state index contributed by atoms with van der Waals surface area (Å²) in [5.74, 6) is 0.888. The third kappa shape index (κ3) is 5.45. The van der Waals surface area contributed by atoms with Crippen LogP contribution in [0.1, 0.15) is 34.7 Å². The van der Waals surface area contributed by atoms with Crippen LogP contribution in [0, 0.1) is 29.6 Å². The molecule has 0 unspecified atom stereocenters. The maximum atomic E-state index is 9.63. The minimum atomic E-state index is 0.186. The Balaban J connectivity index is 1.94. The van der Waals surface area contributed by atoms with Gasteiger partial charge >= 0.3 is 0 Å². The van der Waals surface area contributed by atoms with Gasteiger partial charge in [-0.25, -0.2) is 0 Å². The number of aryl methyl sites for hydroxylation is 1. The van der Waals surface area contributed by atoms with Crippen molar-refractivity contribution in [3.63, 3.8) is 0 Å². The van der Waals surface area contributed by atoms with E-state index >= 15 is 0 Å². The highest BCUT2D eigenvalue weighted by molar-refractivity contribution is 6.32. The largest absolute Gasteiger partial charge is 0.490 e. The summed E-state index contributed by atoms with van der Waals surface area (Å²) in [6, 6.07) is 23.0. The zero-order valence-corrected chi connectivity index (χ0v) is 18.1. The molecule has 0 amide bonds. The van der Waals surface area contributed by atoms with Crippen LogP contribution in [0.2, 0.25) is 5.02 Å². The van der Waals surface area contributed by atoms with Gasteiger partial charge in [0.15, 0.2) is 11.5 Å². The van der Waals surface area contributed by atoms with Gasteiger partial charge in [0.05, 0.1) is 34.9 Å². The summed E-state index contributed by atoms with van der Waals surface area (Å²) in [6.45, 7) is 4.49. The van der Waals surface area contributed by atoms with E-state index in [2.05, 4.69) is 12.1 Å². The molecule has 0 aliphatic heterocycles. The highest BCUT2D eigenvalue weighted by Gasteiger charge is 2.14. The van der Waals surface area contributed by atoms with E-state index in [-0.39, 0.29) is 6.61 Å². The van der Waals surface area contributed by atoms with Gasteiger partial charge in [0.2, 0.25) is 0 Å². The standard InChI is InChI=1S/C26H21ClN2O2/c1-3-30-25-14-19(12-23(16-29)20-10-8-18(2)9-11-20)13-24(27)26(25)31-17-22-7-5-4-6-21(22)15-28/h4-14H,3,17H2,1-2H3/b23-12-. The van der Waals surface area contributed by atoms with Crippen LogP contribution in [0.4, 0.5) is 0 Å². The summed E-state index contributed by atoms with van der Waals surface area (Å²) in [6.07, 6.45) is 1.77. The number of allylic oxidation sites excluding steroid dienone is 1. The van der Waals surface area contributed by atoms with E-state index in [4.69, 9.17) is 21.1 Å². The summed E-state index contributed by atoms with van der Waals surface area (Å²) < 4.78 is 11.7. The van der Waals surface area contributed by atoms with E-state index in [1.165, 1.54) is 0 Å². The minimum Gasteiger partial charge on any atom is -0.490 e. The molecule has 3 aromatic rings. The van der Waals surface area contributed by atoms with Gasteiger partial charge in [-0.3, -0.25) is 0 Å². The SMILES string of the molecule is CCOc1cc(/C=C(/C#N)c2ccc(C)cc2)cc(Cl)c1OCc1ccccc1C#N. The van der Waals surface area contributed by atoms with Crippen molar-refractivity contribution >= 4 is 23.3 Å². The fraction of sp³-hybridized carbons (Fsp3) is 0.154. The van der Waals surface area contributed by atoms with Crippen LogP contribution in [0.5, 0.6) is 11.5 Å². The number of nitriles is 2. The van der Waals surface area contributed by atoms with Gasteiger partial charge in [-0.1, -0.05) is 59.6 Å². The van der Waals surface area contributed by atoms with Crippen molar-refractivity contribution in [1.82, 2.24) is 0 Å². The van der Waals surface area contributed by atoms with E-state index in [0.29, 0.717) is 34.3 Å². The van der Waals surface area contributed by atoms with Gasteiger partial charge in [-0.15, -0.1) is 0 Å². The molecule has 0 heterocycles. The Kier molecular flexibility index (Phi) is 7.33. The molecule has 0 aromatic heterocycles. The summed E-state index contributed by atoms with van der Waals surface area (Å²) in [5, 5.41) is 19.3. The maximum absolute atomic E-state index is 9.63. The molecular weight excluding hydrogens is 408 g/mol. The predicted octanol–water partition coefficient (Wildman–Crippen LogP) is 6.56. The van der Waals surface area contributed by atoms with Crippen molar-refractivity contribution in [2.24, 2.45) is 0 Å². The van der Waals surface area contributed by atoms with Gasteiger partial charge in [-0.05, 0) is 49.2 Å². The van der Waals surface area contributed by atoms with E-state index in [0.717, 1.165) is 22.3 Å². The molecule has 31 heavy (non-hydrogen) atoms. The lowest BCUT2D eigenvalue weighted by molar-refractivity contribution is 0.269. The molecule has 3 aromatic carbocycles. The molecule has 0 saturated carbocycles. The van der Waals surface area contributed by atoms with Gasteiger partial charge < -0.3 is 9.47 Å². The first-order chi connectivity index (χ1) is 15.0. The fourth-order valence-electron chi connectivity index (χ4n) is 3.06. The second-order valence-electron chi connectivity index (χ2n) is 6.86. The molecule has 0 atom stereocenters. The summed E-state index contributed by atoms with van der Waals surface area (Å²) in [7, 11) is 0. The highest BCUT2D eigenvalue weighted by atomic mass is 35.5. The van der Waals surface area contributed by atoms with Crippen LogP contribution in [-0.2, 0) is 6.61 Å². The van der Waals surface area contributed by atoms with Gasteiger partial charge in [0, 0.05) is 5.56 Å². The molecule has 0 N–H and O–H groups in total. The average Bonchev–Trinajstić information content (AvgIpc) is 2.78. The van der Waals surface area contributed by atoms with E-state index in [1.807, 2.05) is 56.3 Å². The van der Waals surface area contributed by atoms with Gasteiger partial charge in [-0.2, -0.15) is 10.5 Å². The average molecular weight is 429 g/mol. The van der Waals surface area contributed by atoms with Gasteiger partial charge in [0.1, 0.15) is 6.61 Å². The Morgan fingerprint density at radius 1 is 1.03 bits per heavy atom. The molecule has 0 aliphatic rings. The number of ether oxygens (including phenoxy) is 2. The molecule has 4 nitrogen and oxygen atoms in total. The van der Waals surface area contributed by atoms with Crippen molar-refractivity contribution in [2.45, 2.75) is 20.5 Å². The molecule has 0 radical (unpaired) electrons. The summed E-state index contributed by atoms with van der Waals surface area (Å²) >= 11 is 6.52. The lowest BCUT2D eigenvalue weighted by Crippen LogP contribution is -2.02. The van der Waals surface area contributed by atoms with Crippen LogP contribution in [-0.4, -0.2) is 6.61 Å². The third-order valence-corrected chi connectivity index (χ3v) is 4.92. The Hall–Kier alpha value is -3.73. The lowest BCUT2D eigenvalue weighted by atomic mass is 10.0. The molecule has 0 spiro atoms. The smallest absolute Gasteiger partial charge is 0.180 e. The van der Waals surface area contributed by atoms with Crippen molar-refractivity contribution in [3.05, 3.63) is 93.5 Å². The molecular formula is C26H21ClN2O2. The topological polar surface area (TPSA) is 66.0 Å². The summed E-state index contributed by atoms with van der Waals surface area (Å²) in [5.41, 5.74) is 4.52. The molecule has 0 bridgehead atoms. The highest BCUT2D eigenvalue weighted by Crippen LogP contribution is 2.38. The Labute approximate surface area is 187 Å². The second kappa shape index (κ2) is 10.3. The van der Waals surface area contributed by atoms with Crippen molar-refractivity contribution in [2.75, 3.05) is 6.61 Å². The van der Waals surface area contributed by atoms with Crippen LogP contribution >= 0.6 is 11.6 Å². The number of benzene rings is 3. The van der Waals surface area contributed by atoms with Crippen molar-refractivity contribution < 1.29 is 9.47 Å². The van der Waals surface area contributed by atoms with Crippen LogP contribution in [0.15, 0.2) is 60.7 Å². The number of nitrogens with zero attached hydrogens (tertiary/aromatic N) is 2. The zero-order valence-electron chi connectivity index (χ0n) is 17.4. The Morgan fingerprint density at radius 2 is 1.77 bits per heavy atom. The van der Waals surface area contributed by atoms with Crippen LogP contribution in [0.3, 0.4) is 0 Å². The van der Waals surface area contributed by atoms with Crippen LogP contribution < -0.4 is 9.47 Å². The number of halogens is 1. The summed E-state index contributed by atoms with van der Waals surface area (Å²) in [4.78, 5) is 0. The molecule has 0 aliphatic carbocycles. The predicted molar refractivity (Wildman–Crippen MR) is 123 cm³/mol. The Bertz CT molecular complexity index is 1190. The normalized spacial score (nSPS) is 10.8. The molecule has 3 rings (SSSR count). The number of hydrogen-bond acceptors (Lipinski definition) is 4. The molecule has 5 heteroatoms.